The summed E-state index contributed by atoms with van der Waals surface area (Å²) in [4.78, 5) is 24.1. The summed E-state index contributed by atoms with van der Waals surface area (Å²) < 4.78 is 4.90. The number of hydrogen-bond donors (Lipinski definition) is 0. The molecular formula is C10H9NO3. The molecule has 0 aliphatic carbocycles. The molecule has 4 nitrogen and oxygen atoms in total. The molecule has 1 aromatic carbocycles. The van der Waals surface area contributed by atoms with Crippen molar-refractivity contribution in [2.45, 2.75) is 13.8 Å². The first kappa shape index (κ1) is 10.2. The number of isocyanates is 1. The molecule has 0 amide bonds. The summed E-state index contributed by atoms with van der Waals surface area (Å²) in [5, 5.41) is 0. The lowest BCUT2D eigenvalue weighted by atomic mass is 10.2. The Morgan fingerprint density at radius 2 is 2.21 bits per heavy atom. The van der Waals surface area contributed by atoms with Gasteiger partial charge in [-0.05, 0) is 30.7 Å². The number of rotatable bonds is 2. The largest absolute Gasteiger partial charge is 0.426 e. The normalized spacial score (nSPS) is 9.00. The summed E-state index contributed by atoms with van der Waals surface area (Å²) in [5.41, 5.74) is 1.24. The third kappa shape index (κ3) is 2.54. The van der Waals surface area contributed by atoms with E-state index in [1.165, 1.54) is 13.0 Å². The van der Waals surface area contributed by atoms with E-state index in [1.807, 2.05) is 0 Å². The molecule has 0 heterocycles. The number of carbonyl (C=O) groups is 1. The fraction of sp³-hybridized carbons (Fsp3) is 0.200. The van der Waals surface area contributed by atoms with Crippen LogP contribution in [-0.4, -0.2) is 12.0 Å². The van der Waals surface area contributed by atoms with Gasteiger partial charge in [0, 0.05) is 6.92 Å². The van der Waals surface area contributed by atoms with Crippen molar-refractivity contribution >= 4 is 17.7 Å². The number of carbonyl (C=O) groups excluding carboxylic acids is 2. The number of benzene rings is 1. The van der Waals surface area contributed by atoms with Gasteiger partial charge in [0.2, 0.25) is 6.08 Å². The van der Waals surface area contributed by atoms with E-state index >= 15 is 0 Å². The molecule has 1 aromatic rings. The van der Waals surface area contributed by atoms with Gasteiger partial charge in [-0.1, -0.05) is 0 Å². The average Bonchev–Trinajstić information content (AvgIpc) is 2.10. The van der Waals surface area contributed by atoms with Crippen LogP contribution < -0.4 is 4.74 Å². The predicted molar refractivity (Wildman–Crippen MR) is 50.3 cm³/mol. The maximum absolute atomic E-state index is 10.7. The molecule has 0 fully saturated rings. The van der Waals surface area contributed by atoms with Gasteiger partial charge in [-0.3, -0.25) is 4.79 Å². The molecule has 14 heavy (non-hydrogen) atoms. The minimum absolute atomic E-state index is 0.375. The molecule has 0 radical (unpaired) electrons. The predicted octanol–water partition coefficient (Wildman–Crippen LogP) is 1.89. The molecule has 0 N–H and O–H groups in total. The van der Waals surface area contributed by atoms with Crippen LogP contribution in [-0.2, 0) is 9.59 Å². The fourth-order valence-corrected chi connectivity index (χ4v) is 1.03. The van der Waals surface area contributed by atoms with Crippen LogP contribution in [0, 0.1) is 6.92 Å². The summed E-state index contributed by atoms with van der Waals surface area (Å²) in [6.45, 7) is 3.10. The SMILES string of the molecule is CC(=O)Oc1ccc(N=C=O)cc1C. The summed E-state index contributed by atoms with van der Waals surface area (Å²) in [6.07, 6.45) is 1.44. The van der Waals surface area contributed by atoms with Crippen LogP contribution in [0.15, 0.2) is 23.2 Å². The number of aryl methyl sites for hydroxylation is 1. The lowest BCUT2D eigenvalue weighted by Gasteiger charge is -2.04. The van der Waals surface area contributed by atoms with Gasteiger partial charge < -0.3 is 4.74 Å². The molecule has 4 heteroatoms. The van der Waals surface area contributed by atoms with Crippen molar-refractivity contribution in [3.05, 3.63) is 23.8 Å². The minimum atomic E-state index is -0.375. The third-order valence-corrected chi connectivity index (χ3v) is 1.59. The monoisotopic (exact) mass is 191 g/mol. The second kappa shape index (κ2) is 4.35. The van der Waals surface area contributed by atoms with Crippen molar-refractivity contribution < 1.29 is 14.3 Å². The second-order valence-corrected chi connectivity index (χ2v) is 2.75. The number of aliphatic imine (C=N–C) groups is 1. The van der Waals surface area contributed by atoms with Gasteiger partial charge in [-0.25, -0.2) is 4.79 Å². The van der Waals surface area contributed by atoms with E-state index in [-0.39, 0.29) is 5.97 Å². The molecule has 0 saturated carbocycles. The summed E-state index contributed by atoms with van der Waals surface area (Å²) in [7, 11) is 0. The van der Waals surface area contributed by atoms with Crippen molar-refractivity contribution in [2.75, 3.05) is 0 Å². The zero-order chi connectivity index (χ0) is 10.6. The molecule has 0 unspecified atom stereocenters. The fourth-order valence-electron chi connectivity index (χ4n) is 1.03. The van der Waals surface area contributed by atoms with Crippen LogP contribution in [0.5, 0.6) is 5.75 Å². The first-order valence-corrected chi connectivity index (χ1v) is 4.00. The molecule has 0 aliphatic rings. The van der Waals surface area contributed by atoms with E-state index in [9.17, 15) is 9.59 Å². The van der Waals surface area contributed by atoms with Gasteiger partial charge in [0.15, 0.2) is 0 Å². The molecule has 1 rings (SSSR count). The van der Waals surface area contributed by atoms with Crippen LogP contribution in [0.3, 0.4) is 0 Å². The first-order valence-electron chi connectivity index (χ1n) is 4.00. The zero-order valence-corrected chi connectivity index (χ0v) is 7.90. The standard InChI is InChI=1S/C10H9NO3/c1-7-5-9(11-6-12)3-4-10(7)14-8(2)13/h3-5H,1-2H3. The summed E-state index contributed by atoms with van der Waals surface area (Å²) in [6, 6.07) is 4.81. The zero-order valence-electron chi connectivity index (χ0n) is 7.90. The van der Waals surface area contributed by atoms with Crippen LogP contribution in [0.4, 0.5) is 5.69 Å². The Morgan fingerprint density at radius 1 is 1.50 bits per heavy atom. The Hall–Kier alpha value is -1.93. The lowest BCUT2D eigenvalue weighted by Crippen LogP contribution is -2.02. The highest BCUT2D eigenvalue weighted by atomic mass is 16.5. The topological polar surface area (TPSA) is 55.7 Å². The number of esters is 1. The Bertz CT molecular complexity index is 406. The van der Waals surface area contributed by atoms with Crippen LogP contribution in [0.1, 0.15) is 12.5 Å². The van der Waals surface area contributed by atoms with E-state index in [1.54, 1.807) is 25.1 Å². The molecule has 0 atom stereocenters. The van der Waals surface area contributed by atoms with Crippen molar-refractivity contribution in [2.24, 2.45) is 4.99 Å². The van der Waals surface area contributed by atoms with Crippen molar-refractivity contribution in [3.63, 3.8) is 0 Å². The summed E-state index contributed by atoms with van der Waals surface area (Å²) >= 11 is 0. The smallest absolute Gasteiger partial charge is 0.308 e. The van der Waals surface area contributed by atoms with Crippen molar-refractivity contribution in [3.8, 4) is 5.75 Å². The van der Waals surface area contributed by atoms with E-state index in [0.717, 1.165) is 5.56 Å². The second-order valence-electron chi connectivity index (χ2n) is 2.75. The van der Waals surface area contributed by atoms with Crippen LogP contribution >= 0.6 is 0 Å². The van der Waals surface area contributed by atoms with Gasteiger partial charge in [0.25, 0.3) is 0 Å². The highest BCUT2D eigenvalue weighted by Gasteiger charge is 2.02. The van der Waals surface area contributed by atoms with Gasteiger partial charge in [0.05, 0.1) is 5.69 Å². The molecular weight excluding hydrogens is 182 g/mol. The van der Waals surface area contributed by atoms with E-state index in [4.69, 9.17) is 4.74 Å². The highest BCUT2D eigenvalue weighted by molar-refractivity contribution is 5.70. The van der Waals surface area contributed by atoms with E-state index in [0.29, 0.717) is 11.4 Å². The molecule has 0 bridgehead atoms. The van der Waals surface area contributed by atoms with Crippen LogP contribution in [0.2, 0.25) is 0 Å². The Kier molecular flexibility index (Phi) is 3.15. The quantitative estimate of drug-likeness (QED) is 0.310. The maximum Gasteiger partial charge on any atom is 0.308 e. The van der Waals surface area contributed by atoms with Crippen molar-refractivity contribution in [1.29, 1.82) is 0 Å². The molecule has 0 saturated heterocycles. The summed E-state index contributed by atoms with van der Waals surface area (Å²) in [5.74, 6) is 0.0992. The number of ether oxygens (including phenoxy) is 1. The molecule has 72 valence electrons. The van der Waals surface area contributed by atoms with Crippen LogP contribution in [0.25, 0.3) is 0 Å². The molecule has 0 aromatic heterocycles. The number of hydrogen-bond acceptors (Lipinski definition) is 4. The molecule has 0 aliphatic heterocycles. The van der Waals surface area contributed by atoms with Gasteiger partial charge in [-0.15, -0.1) is 0 Å². The maximum atomic E-state index is 10.7. The number of nitrogens with zero attached hydrogens (tertiary/aromatic N) is 1. The molecule has 0 spiro atoms. The van der Waals surface area contributed by atoms with Gasteiger partial charge in [-0.2, -0.15) is 4.99 Å². The van der Waals surface area contributed by atoms with Gasteiger partial charge >= 0.3 is 5.97 Å². The lowest BCUT2D eigenvalue weighted by molar-refractivity contribution is -0.131. The Labute approximate surface area is 81.2 Å². The third-order valence-electron chi connectivity index (χ3n) is 1.59. The first-order chi connectivity index (χ1) is 6.63. The van der Waals surface area contributed by atoms with E-state index in [2.05, 4.69) is 4.99 Å². The Balaban J connectivity index is 3.00. The average molecular weight is 191 g/mol. The van der Waals surface area contributed by atoms with Crippen molar-refractivity contribution in [1.82, 2.24) is 0 Å². The van der Waals surface area contributed by atoms with Gasteiger partial charge in [0.1, 0.15) is 5.75 Å². The highest BCUT2D eigenvalue weighted by Crippen LogP contribution is 2.23. The van der Waals surface area contributed by atoms with E-state index < -0.39 is 0 Å². The minimum Gasteiger partial charge on any atom is -0.426 e. The Morgan fingerprint density at radius 3 is 2.71 bits per heavy atom.